The molecule has 0 aliphatic carbocycles. The van der Waals surface area contributed by atoms with E-state index in [9.17, 15) is 0 Å². The van der Waals surface area contributed by atoms with Gasteiger partial charge >= 0.3 is 0 Å². The van der Waals surface area contributed by atoms with Gasteiger partial charge in [0.05, 0.1) is 11.7 Å². The summed E-state index contributed by atoms with van der Waals surface area (Å²) in [5, 5.41) is 2.12. The van der Waals surface area contributed by atoms with E-state index in [1.54, 1.807) is 0 Å². The molecule has 1 fully saturated rings. The molecule has 0 bridgehead atoms. The zero-order chi connectivity index (χ0) is 19.4. The molecule has 2 heterocycles. The van der Waals surface area contributed by atoms with Gasteiger partial charge < -0.3 is 4.90 Å². The van der Waals surface area contributed by atoms with Gasteiger partial charge in [-0.05, 0) is 29.3 Å². The highest BCUT2D eigenvalue weighted by Crippen LogP contribution is 2.59. The number of likely N-dealkylation sites (N-methyl/N-ethyl adjacent to an activating group) is 1. The van der Waals surface area contributed by atoms with Crippen molar-refractivity contribution in [3.05, 3.63) is 96.1 Å². The van der Waals surface area contributed by atoms with E-state index in [2.05, 4.69) is 110 Å². The second-order valence-corrected chi connectivity index (χ2v) is 8.37. The molecule has 28 heavy (non-hydrogen) atoms. The van der Waals surface area contributed by atoms with E-state index in [4.69, 9.17) is 4.84 Å². The number of anilines is 2. The Labute approximate surface area is 167 Å². The highest BCUT2D eigenvalue weighted by atomic mass is 16.7. The molecule has 0 saturated carbocycles. The van der Waals surface area contributed by atoms with E-state index < -0.39 is 5.72 Å². The number of fused-ring (bicyclic) bond motifs is 1. The van der Waals surface area contributed by atoms with Crippen LogP contribution in [0.5, 0.6) is 0 Å². The van der Waals surface area contributed by atoms with Crippen LogP contribution in [0.15, 0.2) is 84.9 Å². The maximum Gasteiger partial charge on any atom is 0.179 e. The SMILES string of the molecule is CN1c2ccccc2C(C)(C)[C@@]12C[C@H](c1ccccc1)N(c1ccccc1)O2. The predicted molar refractivity (Wildman–Crippen MR) is 114 cm³/mol. The molecule has 3 aromatic rings. The minimum absolute atomic E-state index is 0.144. The quantitative estimate of drug-likeness (QED) is 0.576. The van der Waals surface area contributed by atoms with Crippen molar-refractivity contribution < 1.29 is 4.84 Å². The summed E-state index contributed by atoms with van der Waals surface area (Å²) in [6, 6.07) is 30.0. The van der Waals surface area contributed by atoms with Crippen LogP contribution in [0.1, 0.15) is 37.4 Å². The van der Waals surface area contributed by atoms with Crippen LogP contribution in [0.4, 0.5) is 11.4 Å². The van der Waals surface area contributed by atoms with Crippen LogP contribution in [-0.2, 0) is 10.3 Å². The lowest BCUT2D eigenvalue weighted by Crippen LogP contribution is -2.54. The van der Waals surface area contributed by atoms with E-state index in [1.807, 2.05) is 6.07 Å². The molecular weight excluding hydrogens is 344 g/mol. The average Bonchev–Trinajstić information content (AvgIpc) is 3.23. The van der Waals surface area contributed by atoms with E-state index in [0.29, 0.717) is 0 Å². The van der Waals surface area contributed by atoms with Crippen molar-refractivity contribution in [3.63, 3.8) is 0 Å². The van der Waals surface area contributed by atoms with Crippen molar-refractivity contribution in [2.75, 3.05) is 17.0 Å². The summed E-state index contributed by atoms with van der Waals surface area (Å²) in [6.07, 6.45) is 0.893. The topological polar surface area (TPSA) is 15.7 Å². The lowest BCUT2D eigenvalue weighted by atomic mass is 9.75. The Kier molecular flexibility index (Phi) is 3.78. The molecule has 5 rings (SSSR count). The fourth-order valence-corrected chi connectivity index (χ4v) is 5.03. The van der Waals surface area contributed by atoms with Gasteiger partial charge in [-0.3, -0.25) is 0 Å². The molecule has 2 atom stereocenters. The van der Waals surface area contributed by atoms with E-state index in [0.717, 1.165) is 12.1 Å². The molecule has 3 nitrogen and oxygen atoms in total. The number of hydroxylamine groups is 1. The molecule has 1 spiro atoms. The molecular formula is C25H26N2O. The monoisotopic (exact) mass is 370 g/mol. The first-order chi connectivity index (χ1) is 13.5. The van der Waals surface area contributed by atoms with Crippen LogP contribution in [0.2, 0.25) is 0 Å². The first-order valence-electron chi connectivity index (χ1n) is 9.96. The summed E-state index contributed by atoms with van der Waals surface area (Å²) in [4.78, 5) is 9.28. The zero-order valence-electron chi connectivity index (χ0n) is 16.7. The molecule has 3 aromatic carbocycles. The molecule has 0 N–H and O–H groups in total. The van der Waals surface area contributed by atoms with Crippen molar-refractivity contribution >= 4 is 11.4 Å². The standard InChI is InChI=1S/C25H26N2O/c1-24(2)21-16-10-11-17-22(21)26(3)25(24)18-23(19-12-6-4-7-13-19)27(28-25)20-14-8-5-9-15-20/h4-17,23H,18H2,1-3H3/t23-,25+/m1/s1. The van der Waals surface area contributed by atoms with Crippen LogP contribution in [0.25, 0.3) is 0 Å². The van der Waals surface area contributed by atoms with Crippen molar-refractivity contribution in [2.45, 2.75) is 37.5 Å². The van der Waals surface area contributed by atoms with Crippen LogP contribution in [0.3, 0.4) is 0 Å². The van der Waals surface area contributed by atoms with Gasteiger partial charge in [0.1, 0.15) is 0 Å². The maximum atomic E-state index is 6.93. The molecule has 142 valence electrons. The fraction of sp³-hybridized carbons (Fsp3) is 0.280. The second kappa shape index (κ2) is 6.11. The molecule has 2 aliphatic heterocycles. The number of rotatable bonds is 2. The average molecular weight is 370 g/mol. The number of para-hydroxylation sites is 2. The van der Waals surface area contributed by atoms with Gasteiger partial charge in [0.2, 0.25) is 0 Å². The van der Waals surface area contributed by atoms with Crippen molar-refractivity contribution in [2.24, 2.45) is 0 Å². The lowest BCUT2D eigenvalue weighted by molar-refractivity contribution is -0.0532. The molecule has 0 unspecified atom stereocenters. The lowest BCUT2D eigenvalue weighted by Gasteiger charge is -2.42. The first kappa shape index (κ1) is 17.3. The summed E-state index contributed by atoms with van der Waals surface area (Å²) < 4.78 is 0. The molecule has 1 saturated heterocycles. The van der Waals surface area contributed by atoms with Crippen LogP contribution in [-0.4, -0.2) is 12.8 Å². The summed E-state index contributed by atoms with van der Waals surface area (Å²) in [6.45, 7) is 4.62. The number of hydrogen-bond acceptors (Lipinski definition) is 3. The Morgan fingerprint density at radius 2 is 1.43 bits per heavy atom. The summed E-state index contributed by atoms with van der Waals surface area (Å²) in [5.74, 6) is 0. The van der Waals surface area contributed by atoms with Gasteiger partial charge in [0.25, 0.3) is 0 Å². The first-order valence-corrected chi connectivity index (χ1v) is 9.96. The Hall–Kier alpha value is -2.78. The van der Waals surface area contributed by atoms with Crippen molar-refractivity contribution in [1.82, 2.24) is 0 Å². The second-order valence-electron chi connectivity index (χ2n) is 8.37. The Bertz CT molecular complexity index is 936. The van der Waals surface area contributed by atoms with Crippen LogP contribution in [0, 0.1) is 0 Å². The van der Waals surface area contributed by atoms with E-state index in [1.165, 1.54) is 16.8 Å². The maximum absolute atomic E-state index is 6.93. The minimum Gasteiger partial charge on any atom is -0.344 e. The smallest absolute Gasteiger partial charge is 0.179 e. The van der Waals surface area contributed by atoms with Gasteiger partial charge in [-0.1, -0.05) is 80.6 Å². The van der Waals surface area contributed by atoms with Gasteiger partial charge in [0, 0.05) is 24.6 Å². The number of benzene rings is 3. The third kappa shape index (κ3) is 2.26. The van der Waals surface area contributed by atoms with Crippen molar-refractivity contribution in [3.8, 4) is 0 Å². The third-order valence-electron chi connectivity index (χ3n) is 6.65. The Morgan fingerprint density at radius 3 is 2.11 bits per heavy atom. The zero-order valence-corrected chi connectivity index (χ0v) is 16.7. The highest BCUT2D eigenvalue weighted by molar-refractivity contribution is 5.66. The predicted octanol–water partition coefficient (Wildman–Crippen LogP) is 5.69. The number of nitrogens with zero attached hydrogens (tertiary/aromatic N) is 2. The van der Waals surface area contributed by atoms with Gasteiger partial charge in [-0.25, -0.2) is 9.90 Å². The summed E-state index contributed by atoms with van der Waals surface area (Å²) in [7, 11) is 2.17. The minimum atomic E-state index is -0.437. The highest BCUT2D eigenvalue weighted by Gasteiger charge is 2.63. The van der Waals surface area contributed by atoms with Crippen molar-refractivity contribution in [1.29, 1.82) is 0 Å². The molecule has 3 heteroatoms. The third-order valence-corrected chi connectivity index (χ3v) is 6.65. The fourth-order valence-electron chi connectivity index (χ4n) is 5.03. The number of hydrogen-bond donors (Lipinski definition) is 0. The summed E-state index contributed by atoms with van der Waals surface area (Å²) >= 11 is 0. The largest absolute Gasteiger partial charge is 0.344 e. The van der Waals surface area contributed by atoms with Gasteiger partial charge in [0.15, 0.2) is 5.72 Å². The molecule has 0 radical (unpaired) electrons. The van der Waals surface area contributed by atoms with E-state index >= 15 is 0 Å². The van der Waals surface area contributed by atoms with E-state index in [-0.39, 0.29) is 11.5 Å². The Morgan fingerprint density at radius 1 is 0.821 bits per heavy atom. The molecule has 2 aliphatic rings. The van der Waals surface area contributed by atoms with Crippen LogP contribution < -0.4 is 9.96 Å². The summed E-state index contributed by atoms with van der Waals surface area (Å²) in [5.41, 5.74) is 4.40. The van der Waals surface area contributed by atoms with Gasteiger partial charge in [-0.15, -0.1) is 0 Å². The van der Waals surface area contributed by atoms with Crippen LogP contribution >= 0.6 is 0 Å². The molecule has 0 aromatic heterocycles. The Balaban J connectivity index is 1.65. The normalized spacial score (nSPS) is 25.3. The van der Waals surface area contributed by atoms with Gasteiger partial charge in [-0.2, -0.15) is 0 Å². The molecule has 0 amide bonds.